The van der Waals surface area contributed by atoms with E-state index in [0.29, 0.717) is 5.92 Å². The Morgan fingerprint density at radius 3 is 2.95 bits per heavy atom. The second-order valence-electron chi connectivity index (χ2n) is 6.19. The van der Waals surface area contributed by atoms with E-state index in [0.717, 1.165) is 43.8 Å². The molecule has 3 rings (SSSR count). The second kappa shape index (κ2) is 6.10. The van der Waals surface area contributed by atoms with E-state index < -0.39 is 0 Å². The number of ether oxygens (including phenoxy) is 1. The monoisotopic (exact) mass is 275 g/mol. The van der Waals surface area contributed by atoms with Crippen molar-refractivity contribution in [3.63, 3.8) is 0 Å². The van der Waals surface area contributed by atoms with Gasteiger partial charge >= 0.3 is 0 Å². The first-order chi connectivity index (χ1) is 9.74. The van der Waals surface area contributed by atoms with Crippen LogP contribution in [0.3, 0.4) is 0 Å². The Labute approximate surface area is 121 Å². The van der Waals surface area contributed by atoms with Crippen LogP contribution in [0.15, 0.2) is 12.1 Å². The van der Waals surface area contributed by atoms with Crippen molar-refractivity contribution in [3.8, 4) is 0 Å². The molecular weight excluding hydrogens is 250 g/mol. The van der Waals surface area contributed by atoms with Crippen LogP contribution in [0, 0.1) is 12.8 Å². The van der Waals surface area contributed by atoms with Crippen LogP contribution in [-0.4, -0.2) is 37.8 Å². The van der Waals surface area contributed by atoms with Crippen molar-refractivity contribution in [2.45, 2.75) is 38.8 Å². The summed E-state index contributed by atoms with van der Waals surface area (Å²) in [6, 6.07) is 5.20. The maximum Gasteiger partial charge on any atom is 0.129 e. The molecule has 1 aliphatic heterocycles. The summed E-state index contributed by atoms with van der Waals surface area (Å²) in [7, 11) is 1.79. The lowest BCUT2D eigenvalue weighted by molar-refractivity contribution is 0.161. The van der Waals surface area contributed by atoms with Gasteiger partial charge in [0.05, 0.1) is 6.61 Å². The number of methoxy groups -OCH3 is 1. The summed E-state index contributed by atoms with van der Waals surface area (Å²) in [5, 5.41) is 3.58. The van der Waals surface area contributed by atoms with Gasteiger partial charge in [0.2, 0.25) is 0 Å². The highest BCUT2D eigenvalue weighted by Crippen LogP contribution is 2.24. The Morgan fingerprint density at radius 1 is 1.35 bits per heavy atom. The summed E-state index contributed by atoms with van der Waals surface area (Å²) in [6.07, 6.45) is 3.88. The molecule has 0 aromatic carbocycles. The first kappa shape index (κ1) is 13.8. The fraction of sp³-hybridized carbons (Fsp3) is 0.688. The number of nitrogens with one attached hydrogen (secondary N) is 1. The van der Waals surface area contributed by atoms with Crippen molar-refractivity contribution < 1.29 is 4.74 Å². The molecule has 1 unspecified atom stereocenters. The lowest BCUT2D eigenvalue weighted by Crippen LogP contribution is -2.23. The van der Waals surface area contributed by atoms with Crippen molar-refractivity contribution in [2.75, 3.05) is 31.7 Å². The molecule has 0 spiro atoms. The normalized spacial score (nSPS) is 22.5. The highest BCUT2D eigenvalue weighted by Gasteiger charge is 2.24. The van der Waals surface area contributed by atoms with E-state index in [4.69, 9.17) is 9.72 Å². The zero-order valence-electron chi connectivity index (χ0n) is 12.6. The van der Waals surface area contributed by atoms with Gasteiger partial charge in [-0.1, -0.05) is 0 Å². The first-order valence-electron chi connectivity index (χ1n) is 7.69. The van der Waals surface area contributed by atoms with Gasteiger partial charge in [0.1, 0.15) is 5.82 Å². The maximum atomic E-state index is 5.27. The summed E-state index contributed by atoms with van der Waals surface area (Å²) in [4.78, 5) is 7.11. The molecule has 4 heteroatoms. The van der Waals surface area contributed by atoms with Gasteiger partial charge in [-0.15, -0.1) is 0 Å². The van der Waals surface area contributed by atoms with Crippen molar-refractivity contribution in [1.82, 2.24) is 10.3 Å². The Kier molecular flexibility index (Phi) is 4.22. The Balaban J connectivity index is 1.65. The van der Waals surface area contributed by atoms with Crippen LogP contribution in [0.25, 0.3) is 0 Å². The van der Waals surface area contributed by atoms with Gasteiger partial charge in [-0.2, -0.15) is 0 Å². The third-order valence-electron chi connectivity index (χ3n) is 4.18. The molecule has 1 aromatic heterocycles. The lowest BCUT2D eigenvalue weighted by atomic mass is 10.1. The number of rotatable bonds is 6. The van der Waals surface area contributed by atoms with Gasteiger partial charge in [0, 0.05) is 44.4 Å². The standard InChI is InChI=1S/C16H25N3O/c1-12-7-14(9-17-15-3-4-15)8-16(18-12)19-6-5-13(10-19)11-20-2/h7-8,13,15,17H,3-6,9-11H2,1-2H3. The predicted molar refractivity (Wildman–Crippen MR) is 81.0 cm³/mol. The molecule has 4 nitrogen and oxygen atoms in total. The van der Waals surface area contributed by atoms with Gasteiger partial charge in [-0.25, -0.2) is 4.98 Å². The zero-order valence-corrected chi connectivity index (χ0v) is 12.6. The van der Waals surface area contributed by atoms with Gasteiger partial charge < -0.3 is 15.0 Å². The molecule has 2 fully saturated rings. The predicted octanol–water partition coefficient (Wildman–Crippen LogP) is 2.11. The largest absolute Gasteiger partial charge is 0.384 e. The van der Waals surface area contributed by atoms with Crippen LogP contribution in [0.2, 0.25) is 0 Å². The van der Waals surface area contributed by atoms with Crippen LogP contribution < -0.4 is 10.2 Å². The number of pyridine rings is 1. The molecule has 1 aromatic rings. The van der Waals surface area contributed by atoms with Crippen LogP contribution >= 0.6 is 0 Å². The Bertz CT molecular complexity index is 459. The summed E-state index contributed by atoms with van der Waals surface area (Å²) < 4.78 is 5.27. The lowest BCUT2D eigenvalue weighted by Gasteiger charge is -2.19. The summed E-state index contributed by atoms with van der Waals surface area (Å²) in [5.41, 5.74) is 2.47. The number of aryl methyl sites for hydroxylation is 1. The molecule has 1 atom stereocenters. The summed E-state index contributed by atoms with van der Waals surface area (Å²) >= 11 is 0. The molecule has 0 amide bonds. The minimum Gasteiger partial charge on any atom is -0.384 e. The molecule has 1 saturated carbocycles. The molecule has 0 radical (unpaired) electrons. The van der Waals surface area contributed by atoms with Crippen LogP contribution in [0.5, 0.6) is 0 Å². The van der Waals surface area contributed by atoms with E-state index in [-0.39, 0.29) is 0 Å². The Morgan fingerprint density at radius 2 is 2.20 bits per heavy atom. The number of nitrogens with zero attached hydrogens (tertiary/aromatic N) is 2. The molecule has 110 valence electrons. The van der Waals surface area contributed by atoms with E-state index in [9.17, 15) is 0 Å². The van der Waals surface area contributed by atoms with Gasteiger partial charge in [-0.05, 0) is 43.9 Å². The molecule has 2 heterocycles. The van der Waals surface area contributed by atoms with Crippen molar-refractivity contribution in [1.29, 1.82) is 0 Å². The minimum atomic E-state index is 0.648. The minimum absolute atomic E-state index is 0.648. The Hall–Kier alpha value is -1.13. The van der Waals surface area contributed by atoms with Crippen LogP contribution in [0.1, 0.15) is 30.5 Å². The first-order valence-corrected chi connectivity index (χ1v) is 7.69. The van der Waals surface area contributed by atoms with Crippen LogP contribution in [-0.2, 0) is 11.3 Å². The highest BCUT2D eigenvalue weighted by molar-refractivity contribution is 5.43. The number of hydrogen-bond donors (Lipinski definition) is 1. The van der Waals surface area contributed by atoms with E-state index in [1.807, 2.05) is 0 Å². The van der Waals surface area contributed by atoms with Gasteiger partial charge in [0.15, 0.2) is 0 Å². The third-order valence-corrected chi connectivity index (χ3v) is 4.18. The topological polar surface area (TPSA) is 37.4 Å². The smallest absolute Gasteiger partial charge is 0.129 e. The molecular formula is C16H25N3O. The van der Waals surface area contributed by atoms with E-state index in [1.165, 1.54) is 24.8 Å². The molecule has 1 N–H and O–H groups in total. The average molecular weight is 275 g/mol. The number of hydrogen-bond acceptors (Lipinski definition) is 4. The third kappa shape index (κ3) is 3.49. The van der Waals surface area contributed by atoms with Crippen molar-refractivity contribution in [3.05, 3.63) is 23.4 Å². The zero-order chi connectivity index (χ0) is 13.9. The van der Waals surface area contributed by atoms with Crippen molar-refractivity contribution >= 4 is 5.82 Å². The van der Waals surface area contributed by atoms with E-state index in [1.54, 1.807) is 7.11 Å². The van der Waals surface area contributed by atoms with E-state index in [2.05, 4.69) is 29.3 Å². The highest BCUT2D eigenvalue weighted by atomic mass is 16.5. The summed E-state index contributed by atoms with van der Waals surface area (Å²) in [5.74, 6) is 1.78. The molecule has 20 heavy (non-hydrogen) atoms. The van der Waals surface area contributed by atoms with Gasteiger partial charge in [-0.3, -0.25) is 0 Å². The fourth-order valence-corrected chi connectivity index (χ4v) is 2.95. The second-order valence-corrected chi connectivity index (χ2v) is 6.19. The van der Waals surface area contributed by atoms with Crippen LogP contribution in [0.4, 0.5) is 5.82 Å². The van der Waals surface area contributed by atoms with Crippen molar-refractivity contribution in [2.24, 2.45) is 5.92 Å². The van der Waals surface area contributed by atoms with Gasteiger partial charge in [0.25, 0.3) is 0 Å². The number of anilines is 1. The molecule has 0 bridgehead atoms. The summed E-state index contributed by atoms with van der Waals surface area (Å²) in [6.45, 7) is 6.08. The molecule has 1 aliphatic carbocycles. The average Bonchev–Trinajstić information content (AvgIpc) is 3.14. The fourth-order valence-electron chi connectivity index (χ4n) is 2.95. The number of aromatic nitrogens is 1. The SMILES string of the molecule is COCC1CCN(c2cc(CNC3CC3)cc(C)n2)C1. The molecule has 1 saturated heterocycles. The maximum absolute atomic E-state index is 5.27. The molecule has 2 aliphatic rings. The van der Waals surface area contributed by atoms with E-state index >= 15 is 0 Å². The quantitative estimate of drug-likeness (QED) is 0.863.